The molecule has 1 aliphatic carbocycles. The summed E-state index contributed by atoms with van der Waals surface area (Å²) in [4.78, 5) is 19.8. The van der Waals surface area contributed by atoms with E-state index >= 15 is 0 Å². The van der Waals surface area contributed by atoms with Crippen molar-refractivity contribution in [2.45, 2.75) is 19.3 Å². The minimum Gasteiger partial charge on any atom is -0.276 e. The first-order chi connectivity index (χ1) is 19.6. The molecule has 0 unspecified atom stereocenters. The maximum atomic E-state index is 5.05. The van der Waals surface area contributed by atoms with E-state index in [1.807, 2.05) is 72.9 Å². The Morgan fingerprint density at radius 2 is 1.23 bits per heavy atom. The molecule has 7 aromatic rings. The summed E-state index contributed by atoms with van der Waals surface area (Å²) in [5, 5.41) is 1.10. The van der Waals surface area contributed by atoms with Crippen LogP contribution < -0.4 is 0 Å². The Hall–Kier alpha value is -5.16. The van der Waals surface area contributed by atoms with Crippen LogP contribution in [-0.2, 0) is 5.41 Å². The number of aromatic nitrogens is 5. The lowest BCUT2D eigenvalue weighted by atomic mass is 9.82. The number of hydrogen-bond acceptors (Lipinski definition) is 4. The van der Waals surface area contributed by atoms with Gasteiger partial charge in [0, 0.05) is 28.1 Å². The van der Waals surface area contributed by atoms with Gasteiger partial charge in [0.1, 0.15) is 0 Å². The van der Waals surface area contributed by atoms with Crippen molar-refractivity contribution in [1.82, 2.24) is 24.5 Å². The summed E-state index contributed by atoms with van der Waals surface area (Å²) < 4.78 is 2.15. The third kappa shape index (κ3) is 3.27. The molecule has 0 spiro atoms. The third-order valence-corrected chi connectivity index (χ3v) is 8.11. The van der Waals surface area contributed by atoms with Gasteiger partial charge in [-0.3, -0.25) is 9.55 Å². The molecular weight excluding hydrogens is 490 g/mol. The standard InChI is InChI=1S/C35H25N5/c1-35(2)27-17-10-9-16-24(27)25-21-30-26(20-28(25)35)31-29(18-11-19-36-31)40(30)34-38-32(22-12-5-3-6-13-22)37-33(39-34)23-14-7-4-8-15-23/h3-21H,1-2H3. The number of rotatable bonds is 3. The fourth-order valence-electron chi connectivity index (χ4n) is 6.14. The van der Waals surface area contributed by atoms with Gasteiger partial charge in [0.2, 0.25) is 5.95 Å². The maximum Gasteiger partial charge on any atom is 0.238 e. The van der Waals surface area contributed by atoms with Gasteiger partial charge in [-0.25, -0.2) is 4.98 Å². The number of nitrogens with zero attached hydrogens (tertiary/aromatic N) is 5. The van der Waals surface area contributed by atoms with Crippen molar-refractivity contribution in [3.05, 3.63) is 127 Å². The van der Waals surface area contributed by atoms with E-state index in [-0.39, 0.29) is 5.41 Å². The van der Waals surface area contributed by atoms with Crippen molar-refractivity contribution < 1.29 is 0 Å². The van der Waals surface area contributed by atoms with Gasteiger partial charge in [-0.15, -0.1) is 0 Å². The molecule has 0 saturated heterocycles. The second kappa shape index (κ2) is 8.42. The second-order valence-corrected chi connectivity index (χ2v) is 10.8. The summed E-state index contributed by atoms with van der Waals surface area (Å²) in [5.74, 6) is 1.85. The van der Waals surface area contributed by atoms with E-state index in [9.17, 15) is 0 Å². The molecule has 0 atom stereocenters. The number of hydrogen-bond donors (Lipinski definition) is 0. The van der Waals surface area contributed by atoms with Gasteiger partial charge in [-0.1, -0.05) is 98.8 Å². The van der Waals surface area contributed by atoms with Crippen LogP contribution in [0.3, 0.4) is 0 Å². The smallest absolute Gasteiger partial charge is 0.238 e. The zero-order valence-corrected chi connectivity index (χ0v) is 22.2. The van der Waals surface area contributed by atoms with Crippen molar-refractivity contribution in [2.24, 2.45) is 0 Å². The van der Waals surface area contributed by atoms with E-state index in [2.05, 4.69) is 60.9 Å². The Kier molecular flexibility index (Phi) is 4.80. The van der Waals surface area contributed by atoms with Gasteiger partial charge in [0.15, 0.2) is 11.6 Å². The normalized spacial score (nSPS) is 13.4. The average Bonchev–Trinajstić information content (AvgIpc) is 3.45. The molecule has 40 heavy (non-hydrogen) atoms. The Bertz CT molecular complexity index is 2020. The molecule has 0 amide bonds. The van der Waals surface area contributed by atoms with Crippen LogP contribution in [-0.4, -0.2) is 24.5 Å². The second-order valence-electron chi connectivity index (χ2n) is 10.8. The van der Waals surface area contributed by atoms with Crippen LogP contribution in [0.4, 0.5) is 0 Å². The lowest BCUT2D eigenvalue weighted by Gasteiger charge is -2.21. The van der Waals surface area contributed by atoms with Crippen molar-refractivity contribution in [3.8, 4) is 39.9 Å². The van der Waals surface area contributed by atoms with Crippen molar-refractivity contribution in [1.29, 1.82) is 0 Å². The monoisotopic (exact) mass is 515 g/mol. The Morgan fingerprint density at radius 1 is 0.575 bits per heavy atom. The minimum atomic E-state index is -0.0998. The van der Waals surface area contributed by atoms with E-state index in [4.69, 9.17) is 19.9 Å². The topological polar surface area (TPSA) is 56.5 Å². The molecule has 0 N–H and O–H groups in total. The van der Waals surface area contributed by atoms with Crippen LogP contribution in [0.25, 0.3) is 61.8 Å². The molecule has 4 aromatic carbocycles. The molecular formula is C35H25N5. The Morgan fingerprint density at radius 3 is 1.93 bits per heavy atom. The summed E-state index contributed by atoms with van der Waals surface area (Å²) in [6, 6.07) is 37.6. The van der Waals surface area contributed by atoms with E-state index in [1.165, 1.54) is 22.3 Å². The van der Waals surface area contributed by atoms with Gasteiger partial charge < -0.3 is 0 Å². The third-order valence-electron chi connectivity index (χ3n) is 8.11. The zero-order valence-electron chi connectivity index (χ0n) is 22.2. The molecule has 0 aliphatic heterocycles. The first kappa shape index (κ1) is 22.8. The fourth-order valence-corrected chi connectivity index (χ4v) is 6.14. The molecule has 0 fully saturated rings. The molecule has 0 radical (unpaired) electrons. The fraction of sp³-hybridized carbons (Fsp3) is 0.0857. The highest BCUT2D eigenvalue weighted by molar-refractivity contribution is 6.09. The quantitative estimate of drug-likeness (QED) is 0.239. The molecule has 1 aliphatic rings. The average molecular weight is 516 g/mol. The van der Waals surface area contributed by atoms with Gasteiger partial charge in [-0.2, -0.15) is 9.97 Å². The highest BCUT2D eigenvalue weighted by atomic mass is 15.2. The van der Waals surface area contributed by atoms with Crippen LogP contribution in [0.15, 0.2) is 115 Å². The first-order valence-electron chi connectivity index (χ1n) is 13.5. The zero-order chi connectivity index (χ0) is 26.8. The van der Waals surface area contributed by atoms with Crippen molar-refractivity contribution >= 4 is 21.9 Å². The van der Waals surface area contributed by atoms with Crippen LogP contribution in [0, 0.1) is 0 Å². The Balaban J connectivity index is 1.47. The van der Waals surface area contributed by atoms with E-state index in [0.717, 1.165) is 33.1 Å². The highest BCUT2D eigenvalue weighted by Crippen LogP contribution is 2.50. The molecule has 5 nitrogen and oxygen atoms in total. The number of benzene rings is 4. The van der Waals surface area contributed by atoms with E-state index in [1.54, 1.807) is 0 Å². The molecule has 5 heteroatoms. The molecule has 3 heterocycles. The van der Waals surface area contributed by atoms with Gasteiger partial charge >= 0.3 is 0 Å². The van der Waals surface area contributed by atoms with Crippen LogP contribution in [0.2, 0.25) is 0 Å². The van der Waals surface area contributed by atoms with Crippen LogP contribution in [0.5, 0.6) is 0 Å². The minimum absolute atomic E-state index is 0.0998. The molecule has 8 rings (SSSR count). The molecule has 0 saturated carbocycles. The first-order valence-corrected chi connectivity index (χ1v) is 13.5. The highest BCUT2D eigenvalue weighted by Gasteiger charge is 2.36. The summed E-state index contributed by atoms with van der Waals surface area (Å²) in [6.45, 7) is 4.61. The molecule has 3 aromatic heterocycles. The van der Waals surface area contributed by atoms with E-state index < -0.39 is 0 Å². The predicted octanol–water partition coefficient (Wildman–Crippen LogP) is 8.00. The Labute approximate surface area is 231 Å². The lowest BCUT2D eigenvalue weighted by Crippen LogP contribution is -2.14. The van der Waals surface area contributed by atoms with Crippen LogP contribution in [0.1, 0.15) is 25.0 Å². The van der Waals surface area contributed by atoms with Gasteiger partial charge in [0.05, 0.1) is 16.6 Å². The summed E-state index contributed by atoms with van der Waals surface area (Å²) in [7, 11) is 0. The number of pyridine rings is 1. The van der Waals surface area contributed by atoms with Gasteiger partial charge in [-0.05, 0) is 46.5 Å². The predicted molar refractivity (Wildman–Crippen MR) is 160 cm³/mol. The molecule has 0 bridgehead atoms. The largest absolute Gasteiger partial charge is 0.276 e. The molecule has 190 valence electrons. The van der Waals surface area contributed by atoms with E-state index in [0.29, 0.717) is 17.6 Å². The summed E-state index contributed by atoms with van der Waals surface area (Å²) >= 11 is 0. The summed E-state index contributed by atoms with van der Waals surface area (Å²) in [5.41, 5.74) is 9.92. The van der Waals surface area contributed by atoms with Gasteiger partial charge in [0.25, 0.3) is 0 Å². The lowest BCUT2D eigenvalue weighted by molar-refractivity contribution is 0.661. The van der Waals surface area contributed by atoms with Crippen LogP contribution >= 0.6 is 0 Å². The SMILES string of the molecule is CC1(C)c2ccccc2-c2cc3c(cc21)c1ncccc1n3-c1nc(-c2ccccc2)nc(-c2ccccc2)n1. The van der Waals surface area contributed by atoms with Crippen molar-refractivity contribution in [3.63, 3.8) is 0 Å². The van der Waals surface area contributed by atoms with Crippen molar-refractivity contribution in [2.75, 3.05) is 0 Å². The maximum absolute atomic E-state index is 5.05. The number of fused-ring (bicyclic) bond motifs is 6. The summed E-state index contributed by atoms with van der Waals surface area (Å²) in [6.07, 6.45) is 1.86.